The molecule has 6 nitrogen and oxygen atoms in total. The Morgan fingerprint density at radius 2 is 2.30 bits per heavy atom. The molecule has 122 valence electrons. The highest BCUT2D eigenvalue weighted by Crippen LogP contribution is 2.26. The van der Waals surface area contributed by atoms with Gasteiger partial charge in [0.25, 0.3) is 5.91 Å². The average Bonchev–Trinajstić information content (AvgIpc) is 3.16. The maximum absolute atomic E-state index is 12.5. The molecule has 1 aliphatic rings. The van der Waals surface area contributed by atoms with Crippen molar-refractivity contribution < 1.29 is 9.53 Å². The van der Waals surface area contributed by atoms with Crippen LogP contribution in [0.4, 0.5) is 0 Å². The summed E-state index contributed by atoms with van der Waals surface area (Å²) >= 11 is 1.58. The summed E-state index contributed by atoms with van der Waals surface area (Å²) in [5.41, 5.74) is 3.66. The zero-order valence-electron chi connectivity index (χ0n) is 13.5. The van der Waals surface area contributed by atoms with Crippen LogP contribution in [-0.2, 0) is 26.4 Å². The number of ether oxygens (including phenoxy) is 1. The molecule has 2 heterocycles. The monoisotopic (exact) mass is 332 g/mol. The Morgan fingerprint density at radius 3 is 3.00 bits per heavy atom. The molecule has 7 heteroatoms. The van der Waals surface area contributed by atoms with E-state index in [4.69, 9.17) is 4.74 Å². The van der Waals surface area contributed by atoms with E-state index in [1.807, 2.05) is 23.9 Å². The van der Waals surface area contributed by atoms with E-state index in [-0.39, 0.29) is 5.91 Å². The molecule has 0 saturated heterocycles. The fraction of sp³-hybridized carbons (Fsp3) is 0.438. The van der Waals surface area contributed by atoms with E-state index in [9.17, 15) is 4.79 Å². The number of imidazole rings is 1. The summed E-state index contributed by atoms with van der Waals surface area (Å²) in [6.45, 7) is 0.420. The summed E-state index contributed by atoms with van der Waals surface area (Å²) < 4.78 is 7.27. The van der Waals surface area contributed by atoms with Gasteiger partial charge in [0.05, 0.1) is 25.5 Å². The van der Waals surface area contributed by atoms with Crippen LogP contribution < -0.4 is 10.1 Å². The van der Waals surface area contributed by atoms with Gasteiger partial charge < -0.3 is 14.6 Å². The first-order chi connectivity index (χ1) is 11.1. The average molecular weight is 332 g/mol. The first kappa shape index (κ1) is 15.9. The van der Waals surface area contributed by atoms with Crippen LogP contribution >= 0.6 is 11.8 Å². The minimum Gasteiger partial charge on any atom is -0.480 e. The number of aryl methyl sites for hydroxylation is 2. The van der Waals surface area contributed by atoms with Gasteiger partial charge in [-0.2, -0.15) is 0 Å². The number of rotatable bonds is 5. The SMILES string of the molecule is COc1nc2c(cc1C(=O)NCc1cnc(SC)n1C)CCC2. The fourth-order valence-electron chi connectivity index (χ4n) is 2.82. The lowest BCUT2D eigenvalue weighted by atomic mass is 10.1. The molecule has 3 rings (SSSR count). The lowest BCUT2D eigenvalue weighted by Gasteiger charge is -2.11. The van der Waals surface area contributed by atoms with E-state index in [2.05, 4.69) is 15.3 Å². The van der Waals surface area contributed by atoms with Gasteiger partial charge in [0, 0.05) is 12.7 Å². The molecule has 0 unspecified atom stereocenters. The predicted octanol–water partition coefficient (Wildman–Crippen LogP) is 1.96. The van der Waals surface area contributed by atoms with Crippen molar-refractivity contribution in [3.05, 3.63) is 34.8 Å². The normalized spacial score (nSPS) is 13.0. The summed E-state index contributed by atoms with van der Waals surface area (Å²) in [6, 6.07) is 1.92. The number of fused-ring (bicyclic) bond motifs is 1. The van der Waals surface area contributed by atoms with Crippen LogP contribution in [0.15, 0.2) is 17.4 Å². The number of aromatic nitrogens is 3. The number of methoxy groups -OCH3 is 1. The molecule has 1 N–H and O–H groups in total. The number of hydrogen-bond donors (Lipinski definition) is 1. The Balaban J connectivity index is 1.76. The molecule has 0 radical (unpaired) electrons. The van der Waals surface area contributed by atoms with E-state index >= 15 is 0 Å². The van der Waals surface area contributed by atoms with E-state index in [0.29, 0.717) is 18.0 Å². The topological polar surface area (TPSA) is 69.0 Å². The van der Waals surface area contributed by atoms with Crippen LogP contribution in [0.2, 0.25) is 0 Å². The molecular formula is C16H20N4O2S. The standard InChI is InChI=1S/C16H20N4O2S/c1-20-11(9-18-16(20)23-3)8-17-14(21)12-7-10-5-4-6-13(10)19-15(12)22-2/h7,9H,4-6,8H2,1-3H3,(H,17,21). The molecular weight excluding hydrogens is 312 g/mol. The fourth-order valence-corrected chi connectivity index (χ4v) is 3.37. The van der Waals surface area contributed by atoms with Gasteiger partial charge in [-0.25, -0.2) is 9.97 Å². The lowest BCUT2D eigenvalue weighted by Crippen LogP contribution is -2.25. The summed E-state index contributed by atoms with van der Waals surface area (Å²) in [4.78, 5) is 21.3. The van der Waals surface area contributed by atoms with Crippen molar-refractivity contribution in [1.82, 2.24) is 19.9 Å². The van der Waals surface area contributed by atoms with Gasteiger partial charge in [-0.05, 0) is 37.1 Å². The highest BCUT2D eigenvalue weighted by Gasteiger charge is 2.21. The molecule has 0 fully saturated rings. The number of carbonyl (C=O) groups is 1. The molecule has 0 atom stereocenters. The minimum atomic E-state index is -0.170. The largest absolute Gasteiger partial charge is 0.480 e. The molecule has 0 spiro atoms. The zero-order chi connectivity index (χ0) is 16.4. The zero-order valence-corrected chi connectivity index (χ0v) is 14.4. The Labute approximate surface area is 139 Å². The smallest absolute Gasteiger partial charge is 0.257 e. The van der Waals surface area contributed by atoms with Gasteiger partial charge in [0.2, 0.25) is 5.88 Å². The van der Waals surface area contributed by atoms with Gasteiger partial charge in [0.1, 0.15) is 5.56 Å². The summed E-state index contributed by atoms with van der Waals surface area (Å²) in [6.07, 6.45) is 6.78. The van der Waals surface area contributed by atoms with Crippen LogP contribution in [0.3, 0.4) is 0 Å². The highest BCUT2D eigenvalue weighted by atomic mass is 32.2. The Hall–Kier alpha value is -2.02. The van der Waals surface area contributed by atoms with E-state index in [1.54, 1.807) is 25.1 Å². The van der Waals surface area contributed by atoms with Crippen molar-refractivity contribution in [2.24, 2.45) is 7.05 Å². The van der Waals surface area contributed by atoms with Crippen LogP contribution in [0.5, 0.6) is 5.88 Å². The second kappa shape index (κ2) is 6.62. The molecule has 23 heavy (non-hydrogen) atoms. The van der Waals surface area contributed by atoms with Crippen molar-refractivity contribution in [3.63, 3.8) is 0 Å². The number of nitrogens with zero attached hydrogens (tertiary/aromatic N) is 3. The first-order valence-electron chi connectivity index (χ1n) is 7.53. The molecule has 0 saturated carbocycles. The molecule has 2 aromatic rings. The van der Waals surface area contributed by atoms with Gasteiger partial charge >= 0.3 is 0 Å². The summed E-state index contributed by atoms with van der Waals surface area (Å²) in [7, 11) is 3.49. The number of amides is 1. The summed E-state index contributed by atoms with van der Waals surface area (Å²) in [5.74, 6) is 0.230. The Bertz CT molecular complexity index is 742. The van der Waals surface area contributed by atoms with Crippen molar-refractivity contribution >= 4 is 17.7 Å². The second-order valence-electron chi connectivity index (χ2n) is 5.48. The maximum atomic E-state index is 12.5. The Kier molecular flexibility index (Phi) is 4.56. The third-order valence-corrected chi connectivity index (χ3v) is 4.85. The molecule has 0 aromatic carbocycles. The van der Waals surface area contributed by atoms with Gasteiger partial charge in [-0.1, -0.05) is 11.8 Å². The number of pyridine rings is 1. The van der Waals surface area contributed by atoms with Crippen molar-refractivity contribution in [2.45, 2.75) is 31.0 Å². The van der Waals surface area contributed by atoms with Gasteiger partial charge in [0.15, 0.2) is 5.16 Å². The molecule has 1 amide bonds. The number of thioether (sulfide) groups is 1. The molecule has 2 aromatic heterocycles. The van der Waals surface area contributed by atoms with Crippen LogP contribution in [0, 0.1) is 0 Å². The predicted molar refractivity (Wildman–Crippen MR) is 89.0 cm³/mol. The van der Waals surface area contributed by atoms with E-state index in [0.717, 1.165) is 41.4 Å². The van der Waals surface area contributed by atoms with Gasteiger partial charge in [-0.15, -0.1) is 0 Å². The number of carbonyl (C=O) groups excluding carboxylic acids is 1. The first-order valence-corrected chi connectivity index (χ1v) is 8.76. The van der Waals surface area contributed by atoms with Crippen molar-refractivity contribution in [1.29, 1.82) is 0 Å². The third-order valence-electron chi connectivity index (χ3n) is 4.11. The Morgan fingerprint density at radius 1 is 1.48 bits per heavy atom. The maximum Gasteiger partial charge on any atom is 0.257 e. The van der Waals surface area contributed by atoms with Crippen LogP contribution in [0.1, 0.15) is 33.7 Å². The van der Waals surface area contributed by atoms with Crippen LogP contribution in [0.25, 0.3) is 0 Å². The van der Waals surface area contributed by atoms with Crippen molar-refractivity contribution in [3.8, 4) is 5.88 Å². The highest BCUT2D eigenvalue weighted by molar-refractivity contribution is 7.98. The second-order valence-corrected chi connectivity index (χ2v) is 6.26. The van der Waals surface area contributed by atoms with Crippen molar-refractivity contribution in [2.75, 3.05) is 13.4 Å². The molecule has 0 bridgehead atoms. The molecule has 1 aliphatic carbocycles. The summed E-state index contributed by atoms with van der Waals surface area (Å²) in [5, 5.41) is 3.85. The van der Waals surface area contributed by atoms with Gasteiger partial charge in [-0.3, -0.25) is 4.79 Å². The lowest BCUT2D eigenvalue weighted by molar-refractivity contribution is 0.0946. The molecule has 0 aliphatic heterocycles. The quantitative estimate of drug-likeness (QED) is 0.848. The van der Waals surface area contributed by atoms with Crippen LogP contribution in [-0.4, -0.2) is 33.8 Å². The minimum absolute atomic E-state index is 0.170. The van der Waals surface area contributed by atoms with E-state index in [1.165, 1.54) is 0 Å². The third kappa shape index (κ3) is 3.06. The van der Waals surface area contributed by atoms with E-state index < -0.39 is 0 Å². The number of hydrogen-bond acceptors (Lipinski definition) is 5. The number of nitrogens with one attached hydrogen (secondary N) is 1.